The van der Waals surface area contributed by atoms with E-state index in [1.807, 2.05) is 13.8 Å². The molecule has 0 radical (unpaired) electrons. The van der Waals surface area contributed by atoms with Crippen LogP contribution in [0.5, 0.6) is 0 Å². The second kappa shape index (κ2) is 6.51. The van der Waals surface area contributed by atoms with Crippen LogP contribution in [0, 0.1) is 0 Å². The molecule has 0 spiro atoms. The predicted molar refractivity (Wildman–Crippen MR) is 71.2 cm³/mol. The monoisotopic (exact) mass is 294 g/mol. The van der Waals surface area contributed by atoms with Crippen LogP contribution >= 0.6 is 11.6 Å². The molecule has 1 aromatic heterocycles. The van der Waals surface area contributed by atoms with Crippen LogP contribution in [-0.4, -0.2) is 37.3 Å². The van der Waals surface area contributed by atoms with E-state index in [0.717, 1.165) is 6.54 Å². The lowest BCUT2D eigenvalue weighted by Crippen LogP contribution is -2.30. The number of aryl methyl sites for hydroxylation is 1. The van der Waals surface area contributed by atoms with E-state index in [4.69, 9.17) is 11.6 Å². The van der Waals surface area contributed by atoms with Gasteiger partial charge in [-0.05, 0) is 13.0 Å². The molecule has 1 heterocycles. The summed E-state index contributed by atoms with van der Waals surface area (Å²) >= 11 is 5.80. The van der Waals surface area contributed by atoms with Gasteiger partial charge in [-0.1, -0.05) is 25.4 Å². The zero-order valence-corrected chi connectivity index (χ0v) is 12.3. The van der Waals surface area contributed by atoms with Crippen LogP contribution in [0.1, 0.15) is 20.3 Å². The predicted octanol–water partition coefficient (Wildman–Crippen LogP) is 0.740. The molecule has 0 bridgehead atoms. The second-order valence-corrected chi connectivity index (χ2v) is 6.37. The molecule has 0 aliphatic carbocycles. The summed E-state index contributed by atoms with van der Waals surface area (Å²) < 4.78 is 27.7. The number of halogens is 1. The molecule has 0 fully saturated rings. The van der Waals surface area contributed by atoms with Gasteiger partial charge in [-0.2, -0.15) is 5.10 Å². The van der Waals surface area contributed by atoms with Gasteiger partial charge in [0.05, 0.1) is 11.2 Å². The number of rotatable bonds is 7. The normalized spacial score (nSPS) is 12.3. The van der Waals surface area contributed by atoms with E-state index in [0.29, 0.717) is 19.0 Å². The average Bonchev–Trinajstić information content (AvgIpc) is 2.57. The van der Waals surface area contributed by atoms with Gasteiger partial charge in [0, 0.05) is 19.6 Å². The molecule has 0 saturated heterocycles. The third-order valence-corrected chi connectivity index (χ3v) is 4.26. The highest BCUT2D eigenvalue weighted by Gasteiger charge is 2.21. The first-order valence-electron chi connectivity index (χ1n) is 5.75. The minimum Gasteiger partial charge on any atom is -0.314 e. The molecule has 0 amide bonds. The number of aromatic nitrogens is 2. The number of nitrogens with one attached hydrogen (secondary N) is 2. The zero-order valence-electron chi connectivity index (χ0n) is 10.8. The average molecular weight is 295 g/mol. The van der Waals surface area contributed by atoms with Crippen molar-refractivity contribution in [1.29, 1.82) is 0 Å². The molecule has 0 saturated carbocycles. The van der Waals surface area contributed by atoms with Gasteiger partial charge in [-0.15, -0.1) is 0 Å². The van der Waals surface area contributed by atoms with E-state index < -0.39 is 10.0 Å². The molecule has 1 rings (SSSR count). The van der Waals surface area contributed by atoms with Gasteiger partial charge < -0.3 is 5.32 Å². The van der Waals surface area contributed by atoms with Gasteiger partial charge in [0.15, 0.2) is 5.03 Å². The fourth-order valence-electron chi connectivity index (χ4n) is 1.46. The molecule has 2 N–H and O–H groups in total. The molecule has 18 heavy (non-hydrogen) atoms. The lowest BCUT2D eigenvalue weighted by Gasteiger charge is -2.09. The summed E-state index contributed by atoms with van der Waals surface area (Å²) in [7, 11) is -2.05. The van der Waals surface area contributed by atoms with Gasteiger partial charge in [0.25, 0.3) is 10.0 Å². The van der Waals surface area contributed by atoms with Crippen molar-refractivity contribution in [2.45, 2.75) is 31.3 Å². The Kier molecular flexibility index (Phi) is 5.58. The van der Waals surface area contributed by atoms with E-state index in [9.17, 15) is 8.42 Å². The third kappa shape index (κ3) is 4.24. The fraction of sp³-hybridized carbons (Fsp3) is 0.700. The van der Waals surface area contributed by atoms with Gasteiger partial charge >= 0.3 is 0 Å². The SMILES string of the molecule is CC(C)NCCCNS(=O)(=O)c1c(Cl)cnn1C. The van der Waals surface area contributed by atoms with Crippen molar-refractivity contribution in [2.24, 2.45) is 7.05 Å². The Bertz CT molecular complexity index is 465. The maximum Gasteiger partial charge on any atom is 0.259 e. The lowest BCUT2D eigenvalue weighted by molar-refractivity contribution is 0.546. The Morgan fingerprint density at radius 3 is 2.61 bits per heavy atom. The summed E-state index contributed by atoms with van der Waals surface area (Å²) in [5, 5.41) is 7.14. The second-order valence-electron chi connectivity index (χ2n) is 4.28. The standard InChI is InChI=1S/C10H19ClN4O2S/c1-8(2)12-5-4-6-14-18(16,17)10-9(11)7-13-15(10)3/h7-8,12,14H,4-6H2,1-3H3. The Labute approximate surface area is 113 Å². The zero-order chi connectivity index (χ0) is 13.8. The van der Waals surface area contributed by atoms with Crippen LogP contribution in [0.2, 0.25) is 5.02 Å². The first kappa shape index (κ1) is 15.4. The maximum absolute atomic E-state index is 12.0. The van der Waals surface area contributed by atoms with Crippen molar-refractivity contribution in [1.82, 2.24) is 19.8 Å². The summed E-state index contributed by atoms with van der Waals surface area (Å²) in [6.07, 6.45) is 2.03. The molecule has 0 aliphatic heterocycles. The van der Waals surface area contributed by atoms with Crippen molar-refractivity contribution in [3.8, 4) is 0 Å². The molecule has 0 unspecified atom stereocenters. The van der Waals surface area contributed by atoms with Crippen LogP contribution in [0.3, 0.4) is 0 Å². The molecule has 104 valence electrons. The number of nitrogens with zero attached hydrogens (tertiary/aromatic N) is 2. The number of hydrogen-bond donors (Lipinski definition) is 2. The highest BCUT2D eigenvalue weighted by atomic mass is 35.5. The van der Waals surface area contributed by atoms with Gasteiger partial charge in [-0.25, -0.2) is 13.1 Å². The quantitative estimate of drug-likeness (QED) is 0.727. The smallest absolute Gasteiger partial charge is 0.259 e. The minimum atomic E-state index is -3.59. The maximum atomic E-state index is 12.0. The van der Waals surface area contributed by atoms with Crippen molar-refractivity contribution in [3.05, 3.63) is 11.2 Å². The van der Waals surface area contributed by atoms with Crippen LogP contribution < -0.4 is 10.0 Å². The summed E-state index contributed by atoms with van der Waals surface area (Å²) in [5.41, 5.74) is 0. The largest absolute Gasteiger partial charge is 0.314 e. The van der Waals surface area contributed by atoms with Crippen LogP contribution in [-0.2, 0) is 17.1 Å². The van der Waals surface area contributed by atoms with Crippen LogP contribution in [0.25, 0.3) is 0 Å². The summed E-state index contributed by atoms with van der Waals surface area (Å²) in [4.78, 5) is 0. The molecule has 0 aromatic carbocycles. The molecular weight excluding hydrogens is 276 g/mol. The Morgan fingerprint density at radius 1 is 1.44 bits per heavy atom. The summed E-state index contributed by atoms with van der Waals surface area (Å²) in [6.45, 7) is 5.21. The van der Waals surface area contributed by atoms with Crippen LogP contribution in [0.15, 0.2) is 11.2 Å². The van der Waals surface area contributed by atoms with E-state index in [-0.39, 0.29) is 10.0 Å². The van der Waals surface area contributed by atoms with E-state index in [2.05, 4.69) is 15.1 Å². The lowest BCUT2D eigenvalue weighted by atomic mass is 10.3. The van der Waals surface area contributed by atoms with Crippen molar-refractivity contribution >= 4 is 21.6 Å². The van der Waals surface area contributed by atoms with E-state index >= 15 is 0 Å². The van der Waals surface area contributed by atoms with Crippen molar-refractivity contribution in [2.75, 3.05) is 13.1 Å². The summed E-state index contributed by atoms with van der Waals surface area (Å²) in [6, 6.07) is 0.396. The highest BCUT2D eigenvalue weighted by molar-refractivity contribution is 7.89. The van der Waals surface area contributed by atoms with Crippen molar-refractivity contribution in [3.63, 3.8) is 0 Å². The first-order chi connectivity index (χ1) is 8.34. The summed E-state index contributed by atoms with van der Waals surface area (Å²) in [5.74, 6) is 0. The topological polar surface area (TPSA) is 76.0 Å². The molecule has 0 atom stereocenters. The Hall–Kier alpha value is -0.630. The molecule has 0 aliphatic rings. The first-order valence-corrected chi connectivity index (χ1v) is 7.61. The molecule has 1 aromatic rings. The van der Waals surface area contributed by atoms with E-state index in [1.54, 1.807) is 7.05 Å². The highest BCUT2D eigenvalue weighted by Crippen LogP contribution is 2.19. The Balaban J connectivity index is 2.51. The van der Waals surface area contributed by atoms with Crippen LogP contribution in [0.4, 0.5) is 0 Å². The number of hydrogen-bond acceptors (Lipinski definition) is 4. The Morgan fingerprint density at radius 2 is 2.11 bits per heavy atom. The van der Waals surface area contributed by atoms with Gasteiger partial charge in [0.1, 0.15) is 0 Å². The minimum absolute atomic E-state index is 0.000912. The molecule has 6 nitrogen and oxygen atoms in total. The van der Waals surface area contributed by atoms with Gasteiger partial charge in [-0.3, -0.25) is 4.68 Å². The van der Waals surface area contributed by atoms with Crippen molar-refractivity contribution < 1.29 is 8.42 Å². The van der Waals surface area contributed by atoms with Gasteiger partial charge in [0.2, 0.25) is 0 Å². The molecule has 8 heteroatoms. The molecular formula is C10H19ClN4O2S. The third-order valence-electron chi connectivity index (χ3n) is 2.30. The number of sulfonamides is 1. The fourth-order valence-corrected chi connectivity index (χ4v) is 3.18. The van der Waals surface area contributed by atoms with E-state index in [1.165, 1.54) is 10.9 Å².